The monoisotopic (exact) mass is 494 g/mol. The molecule has 11 heteroatoms. The molecule has 2 aromatic rings. The Bertz CT molecular complexity index is 1080. The zero-order valence-corrected chi connectivity index (χ0v) is 20.3. The molecule has 0 aliphatic rings. The summed E-state index contributed by atoms with van der Waals surface area (Å²) in [5, 5.41) is 2.43. The maximum Gasteiger partial charge on any atom is 0.328 e. The maximum atomic E-state index is 14.0. The standard InChI is InChI=1S/C24H28F2N2O7/c1-12(2)21(35-19-11-16(25)7-8-17(19)26)14(4)33-24(31)13(3)28-23(30)20-22(34-15(5)29)18(32-6)9-10-27-20/h7-14,21H,1-6H3,(H,28,30)/t13-,14-,21+/m0/s1. The largest absolute Gasteiger partial charge is 0.493 e. The van der Waals surface area contributed by atoms with E-state index in [1.165, 1.54) is 33.2 Å². The van der Waals surface area contributed by atoms with Gasteiger partial charge >= 0.3 is 11.9 Å². The second-order valence-electron chi connectivity index (χ2n) is 8.02. The second kappa shape index (κ2) is 12.1. The van der Waals surface area contributed by atoms with Crippen LogP contribution in [0.15, 0.2) is 30.5 Å². The molecule has 3 atom stereocenters. The van der Waals surface area contributed by atoms with Crippen LogP contribution in [0.1, 0.15) is 45.1 Å². The van der Waals surface area contributed by atoms with E-state index in [0.29, 0.717) is 0 Å². The van der Waals surface area contributed by atoms with Gasteiger partial charge in [0.25, 0.3) is 5.91 Å². The van der Waals surface area contributed by atoms with Crippen LogP contribution in [0.3, 0.4) is 0 Å². The Morgan fingerprint density at radius 2 is 1.71 bits per heavy atom. The fourth-order valence-electron chi connectivity index (χ4n) is 3.16. The molecule has 1 N–H and O–H groups in total. The van der Waals surface area contributed by atoms with Crippen molar-refractivity contribution in [3.63, 3.8) is 0 Å². The first kappa shape index (κ1) is 27.5. The molecule has 190 valence electrons. The molecule has 0 saturated carbocycles. The summed E-state index contributed by atoms with van der Waals surface area (Å²) in [5.74, 6) is -4.39. The van der Waals surface area contributed by atoms with Gasteiger partial charge in [-0.2, -0.15) is 0 Å². The maximum absolute atomic E-state index is 14.0. The van der Waals surface area contributed by atoms with E-state index in [1.807, 2.05) is 0 Å². The number of benzene rings is 1. The molecule has 1 aromatic heterocycles. The molecule has 1 heterocycles. The van der Waals surface area contributed by atoms with Crippen LogP contribution in [0, 0.1) is 17.6 Å². The summed E-state index contributed by atoms with van der Waals surface area (Å²) in [7, 11) is 1.33. The van der Waals surface area contributed by atoms with Crippen molar-refractivity contribution in [1.29, 1.82) is 0 Å². The van der Waals surface area contributed by atoms with E-state index >= 15 is 0 Å². The normalized spacial score (nSPS) is 13.4. The Labute approximate surface area is 201 Å². The number of halogens is 2. The summed E-state index contributed by atoms with van der Waals surface area (Å²) in [6, 6.07) is 3.07. The first-order valence-corrected chi connectivity index (χ1v) is 10.8. The lowest BCUT2D eigenvalue weighted by molar-refractivity contribution is -0.156. The third-order valence-electron chi connectivity index (χ3n) is 4.83. The SMILES string of the molecule is COc1ccnc(C(=O)N[C@@H](C)C(=O)O[C@@H](C)[C@H](Oc2cc(F)ccc2F)C(C)C)c1OC(C)=O. The van der Waals surface area contributed by atoms with Crippen molar-refractivity contribution in [3.05, 3.63) is 47.8 Å². The number of esters is 2. The van der Waals surface area contributed by atoms with Gasteiger partial charge in [-0.15, -0.1) is 0 Å². The van der Waals surface area contributed by atoms with Crippen LogP contribution in [0.25, 0.3) is 0 Å². The Balaban J connectivity index is 2.11. The summed E-state index contributed by atoms with van der Waals surface area (Å²) in [6.45, 7) is 7.61. The number of rotatable bonds is 10. The third-order valence-corrected chi connectivity index (χ3v) is 4.83. The second-order valence-corrected chi connectivity index (χ2v) is 8.02. The van der Waals surface area contributed by atoms with Gasteiger partial charge in [0, 0.05) is 25.3 Å². The highest BCUT2D eigenvalue weighted by Crippen LogP contribution is 2.30. The van der Waals surface area contributed by atoms with Gasteiger partial charge in [0.15, 0.2) is 23.0 Å². The average molecular weight is 494 g/mol. The van der Waals surface area contributed by atoms with E-state index in [4.69, 9.17) is 18.9 Å². The number of aromatic nitrogens is 1. The van der Waals surface area contributed by atoms with Crippen LogP contribution >= 0.6 is 0 Å². The van der Waals surface area contributed by atoms with Gasteiger partial charge in [-0.25, -0.2) is 18.6 Å². The van der Waals surface area contributed by atoms with Crippen molar-refractivity contribution in [2.45, 2.75) is 52.9 Å². The molecule has 35 heavy (non-hydrogen) atoms. The van der Waals surface area contributed by atoms with E-state index in [2.05, 4.69) is 10.3 Å². The molecule has 9 nitrogen and oxygen atoms in total. The van der Waals surface area contributed by atoms with Crippen LogP contribution in [0.2, 0.25) is 0 Å². The number of amides is 1. The average Bonchev–Trinajstić information content (AvgIpc) is 2.78. The van der Waals surface area contributed by atoms with E-state index in [-0.39, 0.29) is 28.9 Å². The quantitative estimate of drug-likeness (QED) is 0.500. The van der Waals surface area contributed by atoms with Crippen LogP contribution in [-0.2, 0) is 14.3 Å². The van der Waals surface area contributed by atoms with E-state index in [9.17, 15) is 23.2 Å². The number of hydrogen-bond donors (Lipinski definition) is 1. The summed E-state index contributed by atoms with van der Waals surface area (Å²) in [4.78, 5) is 40.7. The van der Waals surface area contributed by atoms with Crippen LogP contribution < -0.4 is 19.5 Å². The number of hydrogen-bond acceptors (Lipinski definition) is 8. The van der Waals surface area contributed by atoms with E-state index < -0.39 is 47.7 Å². The number of methoxy groups -OCH3 is 1. The number of nitrogens with zero attached hydrogens (tertiary/aromatic N) is 1. The van der Waals surface area contributed by atoms with E-state index in [1.54, 1.807) is 13.8 Å². The molecule has 0 saturated heterocycles. The molecule has 0 fully saturated rings. The van der Waals surface area contributed by atoms with E-state index in [0.717, 1.165) is 25.1 Å². The molecule has 0 unspecified atom stereocenters. The molecule has 0 bridgehead atoms. The minimum atomic E-state index is -1.14. The van der Waals surface area contributed by atoms with Crippen molar-refractivity contribution in [2.75, 3.05) is 7.11 Å². The summed E-state index contributed by atoms with van der Waals surface area (Å²) >= 11 is 0. The molecule has 1 aromatic carbocycles. The molecule has 0 radical (unpaired) electrons. The number of carbonyl (C=O) groups excluding carboxylic acids is 3. The summed E-state index contributed by atoms with van der Waals surface area (Å²) in [6.07, 6.45) is -0.410. The fraction of sp³-hybridized carbons (Fsp3) is 0.417. The van der Waals surface area contributed by atoms with Crippen molar-refractivity contribution in [1.82, 2.24) is 10.3 Å². The Hall–Kier alpha value is -3.76. The molecule has 0 aliphatic carbocycles. The Morgan fingerprint density at radius 3 is 2.31 bits per heavy atom. The van der Waals surface area contributed by atoms with Crippen LogP contribution in [0.4, 0.5) is 8.78 Å². The molecular weight excluding hydrogens is 466 g/mol. The highest BCUT2D eigenvalue weighted by Gasteiger charge is 2.30. The van der Waals surface area contributed by atoms with Gasteiger partial charge in [-0.1, -0.05) is 13.8 Å². The molecular formula is C24H28F2N2O7. The summed E-state index contributed by atoms with van der Waals surface area (Å²) in [5.41, 5.74) is -0.266. The molecule has 2 rings (SSSR count). The van der Waals surface area contributed by atoms with Gasteiger partial charge in [-0.05, 0) is 31.9 Å². The van der Waals surface area contributed by atoms with Gasteiger partial charge in [0.05, 0.1) is 7.11 Å². The zero-order valence-electron chi connectivity index (χ0n) is 20.3. The summed E-state index contributed by atoms with van der Waals surface area (Å²) < 4.78 is 48.7. The van der Waals surface area contributed by atoms with Crippen molar-refractivity contribution < 1.29 is 42.1 Å². The fourth-order valence-corrected chi connectivity index (χ4v) is 3.16. The predicted octanol–water partition coefficient (Wildman–Crippen LogP) is 3.45. The minimum Gasteiger partial charge on any atom is -0.493 e. The highest BCUT2D eigenvalue weighted by molar-refractivity contribution is 5.98. The molecule has 0 aliphatic heterocycles. The lowest BCUT2D eigenvalue weighted by atomic mass is 10.0. The van der Waals surface area contributed by atoms with Crippen LogP contribution in [0.5, 0.6) is 17.2 Å². The smallest absolute Gasteiger partial charge is 0.328 e. The third kappa shape index (κ3) is 7.36. The van der Waals surface area contributed by atoms with Crippen molar-refractivity contribution in [3.8, 4) is 17.2 Å². The number of pyridine rings is 1. The lowest BCUT2D eigenvalue weighted by Crippen LogP contribution is -2.44. The number of carbonyl (C=O) groups is 3. The van der Waals surface area contributed by atoms with Gasteiger partial charge < -0.3 is 24.3 Å². The lowest BCUT2D eigenvalue weighted by Gasteiger charge is -2.29. The Morgan fingerprint density at radius 1 is 1.03 bits per heavy atom. The minimum absolute atomic E-state index is 0.103. The highest BCUT2D eigenvalue weighted by atomic mass is 19.1. The van der Waals surface area contributed by atoms with Gasteiger partial charge in [-0.3, -0.25) is 9.59 Å². The Kier molecular flexibility index (Phi) is 9.50. The predicted molar refractivity (Wildman–Crippen MR) is 120 cm³/mol. The first-order valence-electron chi connectivity index (χ1n) is 10.8. The number of ether oxygens (including phenoxy) is 4. The van der Waals surface area contributed by atoms with Crippen molar-refractivity contribution in [2.24, 2.45) is 5.92 Å². The number of nitrogens with one attached hydrogen (secondary N) is 1. The topological polar surface area (TPSA) is 113 Å². The van der Waals surface area contributed by atoms with Crippen molar-refractivity contribution >= 4 is 17.8 Å². The van der Waals surface area contributed by atoms with Gasteiger partial charge in [0.2, 0.25) is 5.75 Å². The zero-order chi connectivity index (χ0) is 26.3. The van der Waals surface area contributed by atoms with Crippen LogP contribution in [-0.4, -0.2) is 48.2 Å². The molecule has 0 spiro atoms. The van der Waals surface area contributed by atoms with Gasteiger partial charge in [0.1, 0.15) is 24.1 Å². The first-order chi connectivity index (χ1) is 16.4. The molecule has 1 amide bonds.